The predicted molar refractivity (Wildman–Crippen MR) is 136 cm³/mol. The Hall–Kier alpha value is -3.61. The lowest BCUT2D eigenvalue weighted by Crippen LogP contribution is -2.35. The third kappa shape index (κ3) is 5.56. The summed E-state index contributed by atoms with van der Waals surface area (Å²) in [4.78, 5) is 29.5. The summed E-state index contributed by atoms with van der Waals surface area (Å²) >= 11 is 5.98. The van der Waals surface area contributed by atoms with Gasteiger partial charge >= 0.3 is 0 Å². The summed E-state index contributed by atoms with van der Waals surface area (Å²) in [6, 6.07) is 22.9. The zero-order chi connectivity index (χ0) is 24.9. The molecule has 0 saturated carbocycles. The van der Waals surface area contributed by atoms with Gasteiger partial charge in [-0.3, -0.25) is 9.59 Å². The van der Waals surface area contributed by atoms with Gasteiger partial charge in [-0.15, -0.1) is 0 Å². The van der Waals surface area contributed by atoms with Crippen molar-refractivity contribution in [1.29, 1.82) is 0 Å². The molecule has 3 aromatic rings. The van der Waals surface area contributed by atoms with Crippen LogP contribution in [0.2, 0.25) is 5.02 Å². The maximum absolute atomic E-state index is 13.1. The van der Waals surface area contributed by atoms with Crippen LogP contribution in [0.4, 0.5) is 0 Å². The molecule has 0 spiro atoms. The minimum Gasteiger partial charge on any atom is -0.507 e. The second-order valence-electron chi connectivity index (χ2n) is 8.65. The standard InChI is InChI=1S/C28H27ClN2O4/c1-30(2)16-17-31-25(20-10-14-23(15-11-20)35-18-19-6-4-3-5-7-19)24(27(33)28(31)34)26(32)21-8-12-22(29)13-9-21/h3-15,25,32H,16-18H2,1-2H3. The van der Waals surface area contributed by atoms with Crippen LogP contribution in [0.1, 0.15) is 22.7 Å². The molecule has 180 valence electrons. The first kappa shape index (κ1) is 24.5. The van der Waals surface area contributed by atoms with E-state index in [1.807, 2.05) is 73.6 Å². The fourth-order valence-corrected chi connectivity index (χ4v) is 4.14. The van der Waals surface area contributed by atoms with Gasteiger partial charge in [-0.25, -0.2) is 0 Å². The Labute approximate surface area is 210 Å². The molecule has 1 aliphatic rings. The highest BCUT2D eigenvalue weighted by Crippen LogP contribution is 2.39. The number of hydrogen-bond donors (Lipinski definition) is 1. The summed E-state index contributed by atoms with van der Waals surface area (Å²) in [6.45, 7) is 1.34. The van der Waals surface area contributed by atoms with E-state index in [0.717, 1.165) is 5.56 Å². The number of likely N-dealkylation sites (N-methyl/N-ethyl adjacent to an activating group) is 1. The van der Waals surface area contributed by atoms with Crippen molar-refractivity contribution in [2.24, 2.45) is 0 Å². The first-order chi connectivity index (χ1) is 16.8. The molecule has 1 N–H and O–H groups in total. The number of ether oxygens (including phenoxy) is 1. The van der Waals surface area contributed by atoms with E-state index in [9.17, 15) is 14.7 Å². The number of ketones is 1. The molecular formula is C28H27ClN2O4. The van der Waals surface area contributed by atoms with Gasteiger partial charge in [0.1, 0.15) is 18.1 Å². The molecule has 1 atom stereocenters. The Bertz CT molecular complexity index is 1220. The van der Waals surface area contributed by atoms with E-state index in [2.05, 4.69) is 0 Å². The van der Waals surface area contributed by atoms with Crippen molar-refractivity contribution >= 4 is 29.1 Å². The second kappa shape index (κ2) is 10.8. The van der Waals surface area contributed by atoms with Gasteiger partial charge in [0.05, 0.1) is 11.6 Å². The van der Waals surface area contributed by atoms with Crippen LogP contribution in [0.25, 0.3) is 5.76 Å². The van der Waals surface area contributed by atoms with Crippen LogP contribution in [0.15, 0.2) is 84.4 Å². The molecule has 6 nitrogen and oxygen atoms in total. The molecule has 0 bridgehead atoms. The molecule has 35 heavy (non-hydrogen) atoms. The number of carbonyl (C=O) groups excluding carboxylic acids is 2. The number of benzene rings is 3. The quantitative estimate of drug-likeness (QED) is 0.276. The van der Waals surface area contributed by atoms with Crippen molar-refractivity contribution in [3.8, 4) is 5.75 Å². The average molecular weight is 491 g/mol. The third-order valence-electron chi connectivity index (χ3n) is 5.89. The molecule has 4 rings (SSSR count). The number of aliphatic hydroxyl groups excluding tert-OH is 1. The van der Waals surface area contributed by atoms with Crippen LogP contribution in [0, 0.1) is 0 Å². The van der Waals surface area contributed by atoms with Gasteiger partial charge in [-0.05, 0) is 61.6 Å². The van der Waals surface area contributed by atoms with Crippen LogP contribution < -0.4 is 4.74 Å². The fraction of sp³-hybridized carbons (Fsp3) is 0.214. The van der Waals surface area contributed by atoms with E-state index in [0.29, 0.717) is 41.6 Å². The van der Waals surface area contributed by atoms with Crippen LogP contribution in [-0.2, 0) is 16.2 Å². The molecule has 1 fully saturated rings. The number of aliphatic hydroxyl groups is 1. The van der Waals surface area contributed by atoms with Crippen LogP contribution in [0.5, 0.6) is 5.75 Å². The number of nitrogens with zero attached hydrogens (tertiary/aromatic N) is 2. The van der Waals surface area contributed by atoms with E-state index in [1.165, 1.54) is 4.90 Å². The van der Waals surface area contributed by atoms with E-state index in [1.54, 1.807) is 24.3 Å². The number of likely N-dealkylation sites (tertiary alicyclic amines) is 1. The summed E-state index contributed by atoms with van der Waals surface area (Å²) in [6.07, 6.45) is 0. The molecule has 0 aromatic heterocycles. The molecule has 1 saturated heterocycles. The number of halogens is 1. The summed E-state index contributed by atoms with van der Waals surface area (Å²) in [5.74, 6) is -0.885. The highest BCUT2D eigenvalue weighted by Gasteiger charge is 2.45. The Morgan fingerprint density at radius 1 is 0.971 bits per heavy atom. The number of hydrogen-bond acceptors (Lipinski definition) is 5. The number of carbonyl (C=O) groups is 2. The van der Waals surface area contributed by atoms with E-state index < -0.39 is 17.7 Å². The van der Waals surface area contributed by atoms with Gasteiger partial charge in [-0.1, -0.05) is 54.1 Å². The first-order valence-corrected chi connectivity index (χ1v) is 11.7. The minimum absolute atomic E-state index is 0.0639. The molecule has 7 heteroatoms. The van der Waals surface area contributed by atoms with E-state index in [-0.39, 0.29) is 11.3 Å². The highest BCUT2D eigenvalue weighted by atomic mass is 35.5. The minimum atomic E-state index is -0.714. The summed E-state index contributed by atoms with van der Waals surface area (Å²) < 4.78 is 5.88. The molecule has 0 radical (unpaired) electrons. The fourth-order valence-electron chi connectivity index (χ4n) is 4.02. The van der Waals surface area contributed by atoms with E-state index in [4.69, 9.17) is 16.3 Å². The SMILES string of the molecule is CN(C)CCN1C(=O)C(=O)C(=C(O)c2ccc(Cl)cc2)C1c1ccc(OCc2ccccc2)cc1. The van der Waals surface area contributed by atoms with Gasteiger partial charge < -0.3 is 19.6 Å². The lowest BCUT2D eigenvalue weighted by molar-refractivity contribution is -0.140. The second-order valence-corrected chi connectivity index (χ2v) is 9.08. The van der Waals surface area contributed by atoms with Crippen molar-refractivity contribution in [3.63, 3.8) is 0 Å². The summed E-state index contributed by atoms with van der Waals surface area (Å²) in [5.41, 5.74) is 2.25. The summed E-state index contributed by atoms with van der Waals surface area (Å²) in [5, 5.41) is 11.6. The molecule has 1 heterocycles. The molecule has 3 aromatic carbocycles. The molecule has 1 unspecified atom stereocenters. The largest absolute Gasteiger partial charge is 0.507 e. The van der Waals surface area contributed by atoms with Crippen molar-refractivity contribution < 1.29 is 19.4 Å². The van der Waals surface area contributed by atoms with Crippen LogP contribution >= 0.6 is 11.6 Å². The van der Waals surface area contributed by atoms with Gasteiger partial charge in [0, 0.05) is 23.7 Å². The molecule has 1 aliphatic heterocycles. The molecular weight excluding hydrogens is 464 g/mol. The van der Waals surface area contributed by atoms with Gasteiger partial charge in [0.2, 0.25) is 0 Å². The molecule has 0 aliphatic carbocycles. The third-order valence-corrected chi connectivity index (χ3v) is 6.14. The maximum atomic E-state index is 13.1. The Balaban J connectivity index is 1.67. The van der Waals surface area contributed by atoms with Gasteiger partial charge in [-0.2, -0.15) is 0 Å². The van der Waals surface area contributed by atoms with E-state index >= 15 is 0 Å². The lowest BCUT2D eigenvalue weighted by atomic mass is 9.95. The van der Waals surface area contributed by atoms with Crippen molar-refractivity contribution in [1.82, 2.24) is 9.80 Å². The highest BCUT2D eigenvalue weighted by molar-refractivity contribution is 6.46. The normalized spacial score (nSPS) is 17.3. The number of rotatable bonds is 8. The number of amides is 1. The lowest BCUT2D eigenvalue weighted by Gasteiger charge is -2.26. The van der Waals surface area contributed by atoms with Gasteiger partial charge in [0.25, 0.3) is 11.7 Å². The average Bonchev–Trinajstić information content (AvgIpc) is 3.12. The molecule has 1 amide bonds. The van der Waals surface area contributed by atoms with Crippen molar-refractivity contribution in [3.05, 3.63) is 106 Å². The van der Waals surface area contributed by atoms with Crippen LogP contribution in [0.3, 0.4) is 0 Å². The monoisotopic (exact) mass is 490 g/mol. The van der Waals surface area contributed by atoms with Crippen molar-refractivity contribution in [2.45, 2.75) is 12.6 Å². The van der Waals surface area contributed by atoms with Crippen LogP contribution in [-0.4, -0.2) is 53.8 Å². The number of Topliss-reactive ketones (excluding diaryl/α,β-unsaturated/α-hetero) is 1. The first-order valence-electron chi connectivity index (χ1n) is 11.3. The maximum Gasteiger partial charge on any atom is 0.295 e. The topological polar surface area (TPSA) is 70.1 Å². The smallest absolute Gasteiger partial charge is 0.295 e. The Morgan fingerprint density at radius 3 is 2.26 bits per heavy atom. The zero-order valence-corrected chi connectivity index (χ0v) is 20.4. The van der Waals surface area contributed by atoms with Gasteiger partial charge in [0.15, 0.2) is 0 Å². The van der Waals surface area contributed by atoms with Crippen molar-refractivity contribution in [2.75, 3.05) is 27.2 Å². The Kier molecular flexibility index (Phi) is 7.54. The Morgan fingerprint density at radius 2 is 1.63 bits per heavy atom. The zero-order valence-electron chi connectivity index (χ0n) is 19.6. The summed E-state index contributed by atoms with van der Waals surface area (Å²) in [7, 11) is 3.80. The predicted octanol–water partition coefficient (Wildman–Crippen LogP) is 4.90.